The van der Waals surface area contributed by atoms with Crippen molar-refractivity contribution < 1.29 is 9.13 Å². The van der Waals surface area contributed by atoms with Gasteiger partial charge in [-0.15, -0.1) is 0 Å². The normalized spacial score (nSPS) is 12.9. The van der Waals surface area contributed by atoms with Gasteiger partial charge in [0, 0.05) is 46.9 Å². The second kappa shape index (κ2) is 13.5. The van der Waals surface area contributed by atoms with Crippen LogP contribution >= 0.6 is 0 Å². The number of aromatic nitrogens is 4. The maximum atomic E-state index is 14.3. The Morgan fingerprint density at radius 3 is 2.19 bits per heavy atom. The van der Waals surface area contributed by atoms with Gasteiger partial charge in [0.15, 0.2) is 0 Å². The summed E-state index contributed by atoms with van der Waals surface area (Å²) in [6.45, 7) is 9.19. The Kier molecular flexibility index (Phi) is 8.81. The van der Waals surface area contributed by atoms with Crippen LogP contribution in [0.3, 0.4) is 0 Å². The second-order valence-corrected chi connectivity index (χ2v) is 12.8. The average molecular weight is 637 g/mol. The Morgan fingerprint density at radius 2 is 1.44 bits per heavy atom. The monoisotopic (exact) mass is 636 g/mol. The predicted molar refractivity (Wildman–Crippen MR) is 194 cm³/mol. The quantitative estimate of drug-likeness (QED) is 0.142. The lowest BCUT2D eigenvalue weighted by Gasteiger charge is -2.22. The van der Waals surface area contributed by atoms with Crippen LogP contribution in [0.1, 0.15) is 76.3 Å². The number of para-hydroxylation sites is 1. The minimum absolute atomic E-state index is 0.331. The highest BCUT2D eigenvalue weighted by Gasteiger charge is 2.20. The van der Waals surface area contributed by atoms with E-state index in [0.29, 0.717) is 29.2 Å². The molecule has 7 aromatic rings. The molecule has 2 unspecified atom stereocenters. The van der Waals surface area contributed by atoms with Gasteiger partial charge in [-0.3, -0.25) is 4.57 Å². The van der Waals surface area contributed by atoms with Gasteiger partial charge in [-0.1, -0.05) is 83.0 Å². The molecule has 3 heterocycles. The van der Waals surface area contributed by atoms with Crippen LogP contribution < -0.4 is 4.74 Å². The third kappa shape index (κ3) is 5.99. The molecule has 0 N–H and O–H groups in total. The molecule has 0 radical (unpaired) electrons. The summed E-state index contributed by atoms with van der Waals surface area (Å²) in [5, 5.41) is 6.95. The number of benzene rings is 4. The van der Waals surface area contributed by atoms with E-state index < -0.39 is 0 Å². The summed E-state index contributed by atoms with van der Waals surface area (Å²) in [5.41, 5.74) is 8.03. The third-order valence-corrected chi connectivity index (χ3v) is 9.41. The zero-order valence-electron chi connectivity index (χ0n) is 28.0. The van der Waals surface area contributed by atoms with E-state index in [4.69, 9.17) is 9.84 Å². The molecule has 48 heavy (non-hydrogen) atoms. The molecule has 7 rings (SSSR count). The first kappa shape index (κ1) is 31.4. The van der Waals surface area contributed by atoms with E-state index in [0.717, 1.165) is 58.7 Å². The van der Waals surface area contributed by atoms with Crippen LogP contribution in [-0.4, -0.2) is 19.3 Å². The van der Waals surface area contributed by atoms with Crippen LogP contribution in [0.25, 0.3) is 44.4 Å². The van der Waals surface area contributed by atoms with Crippen molar-refractivity contribution in [2.75, 3.05) is 0 Å². The van der Waals surface area contributed by atoms with Crippen molar-refractivity contribution in [2.24, 2.45) is 0 Å². The minimum atomic E-state index is -0.331. The molecule has 6 heteroatoms. The summed E-state index contributed by atoms with van der Waals surface area (Å²) < 4.78 is 24.7. The van der Waals surface area contributed by atoms with Crippen LogP contribution in [0.5, 0.6) is 11.5 Å². The van der Waals surface area contributed by atoms with Gasteiger partial charge in [-0.2, -0.15) is 5.10 Å². The zero-order valence-corrected chi connectivity index (χ0v) is 28.0. The fourth-order valence-corrected chi connectivity index (χ4v) is 7.12. The van der Waals surface area contributed by atoms with Gasteiger partial charge < -0.3 is 4.74 Å². The van der Waals surface area contributed by atoms with E-state index in [1.165, 1.54) is 35.0 Å². The largest absolute Gasteiger partial charge is 0.457 e. The van der Waals surface area contributed by atoms with Crippen molar-refractivity contribution in [3.63, 3.8) is 0 Å². The third-order valence-electron chi connectivity index (χ3n) is 9.41. The smallest absolute Gasteiger partial charge is 0.140 e. The lowest BCUT2D eigenvalue weighted by atomic mass is 9.82. The highest BCUT2D eigenvalue weighted by atomic mass is 19.1. The predicted octanol–water partition coefficient (Wildman–Crippen LogP) is 11.8. The van der Waals surface area contributed by atoms with Crippen molar-refractivity contribution in [2.45, 2.75) is 65.2 Å². The number of hydrogen-bond donors (Lipinski definition) is 0. The molecule has 0 aliphatic rings. The number of halogens is 1. The summed E-state index contributed by atoms with van der Waals surface area (Å²) in [4.78, 5) is 4.49. The molecule has 3 aromatic heterocycles. The van der Waals surface area contributed by atoms with Crippen molar-refractivity contribution >= 4 is 21.8 Å². The van der Waals surface area contributed by atoms with Gasteiger partial charge in [0.05, 0.1) is 22.9 Å². The number of rotatable bonds is 11. The fraction of sp³-hybridized carbons (Fsp3) is 0.238. The Bertz CT molecular complexity index is 2180. The average Bonchev–Trinajstić information content (AvgIpc) is 3.71. The summed E-state index contributed by atoms with van der Waals surface area (Å²) in [5.74, 6) is 2.49. The van der Waals surface area contributed by atoms with Crippen molar-refractivity contribution in [3.05, 3.63) is 133 Å². The van der Waals surface area contributed by atoms with Crippen molar-refractivity contribution in [3.8, 4) is 34.1 Å². The molecule has 0 fully saturated rings. The summed E-state index contributed by atoms with van der Waals surface area (Å²) in [7, 11) is 0. The number of pyridine rings is 1. The van der Waals surface area contributed by atoms with E-state index in [9.17, 15) is 4.39 Å². The molecular formula is C42H41FN4O. The molecule has 2 atom stereocenters. The molecule has 0 amide bonds. The second-order valence-electron chi connectivity index (χ2n) is 12.8. The van der Waals surface area contributed by atoms with E-state index in [2.05, 4.69) is 69.2 Å². The van der Waals surface area contributed by atoms with Crippen LogP contribution in [-0.2, 0) is 0 Å². The van der Waals surface area contributed by atoms with E-state index in [-0.39, 0.29) is 5.82 Å². The number of fused-ring (bicyclic) bond motifs is 3. The molecular weight excluding hydrogens is 595 g/mol. The van der Waals surface area contributed by atoms with E-state index >= 15 is 0 Å². The van der Waals surface area contributed by atoms with Gasteiger partial charge >= 0.3 is 0 Å². The Balaban J connectivity index is 1.23. The van der Waals surface area contributed by atoms with Crippen molar-refractivity contribution in [1.29, 1.82) is 0 Å². The highest BCUT2D eigenvalue weighted by Crippen LogP contribution is 2.39. The minimum Gasteiger partial charge on any atom is -0.457 e. The Labute approximate surface area is 281 Å². The number of hydrogen-bond acceptors (Lipinski definition) is 3. The maximum Gasteiger partial charge on any atom is 0.140 e. The van der Waals surface area contributed by atoms with Crippen molar-refractivity contribution in [1.82, 2.24) is 19.3 Å². The molecule has 0 bridgehead atoms. The molecule has 0 saturated carbocycles. The first-order chi connectivity index (χ1) is 23.4. The number of ether oxygens (including phenoxy) is 1. The molecule has 0 saturated heterocycles. The van der Waals surface area contributed by atoms with Gasteiger partial charge in [-0.25, -0.2) is 14.1 Å². The molecule has 0 spiro atoms. The summed E-state index contributed by atoms with van der Waals surface area (Å²) in [6.07, 6.45) is 10.2. The zero-order chi connectivity index (χ0) is 33.2. The first-order valence-corrected chi connectivity index (χ1v) is 17.1. The van der Waals surface area contributed by atoms with Crippen LogP contribution in [0.15, 0.2) is 116 Å². The maximum absolute atomic E-state index is 14.3. The Morgan fingerprint density at radius 1 is 0.729 bits per heavy atom. The topological polar surface area (TPSA) is 44.9 Å². The molecule has 4 aromatic carbocycles. The van der Waals surface area contributed by atoms with Crippen LogP contribution in [0.4, 0.5) is 4.39 Å². The molecule has 0 aliphatic carbocycles. The van der Waals surface area contributed by atoms with E-state index in [1.807, 2.05) is 70.0 Å². The van der Waals surface area contributed by atoms with Crippen LogP contribution in [0, 0.1) is 5.82 Å². The van der Waals surface area contributed by atoms with E-state index in [1.54, 1.807) is 0 Å². The summed E-state index contributed by atoms with van der Waals surface area (Å²) in [6, 6.07) is 31.8. The molecule has 5 nitrogen and oxygen atoms in total. The standard InChI is InChI=1S/C42H41FN4O/c1-5-11-28(3)35-16-10-17-36(29(4)12-6-2)42(35)30-26-45-46(27-30)32-13-9-14-33(24-32)48-34-19-20-38-37-15-7-8-18-39(37)47(40(38)25-34)41-23-31(43)21-22-44-41/h7-10,13-29H,5-6,11-12H2,1-4H3. The van der Waals surface area contributed by atoms with Gasteiger partial charge in [-0.05, 0) is 77.8 Å². The lowest BCUT2D eigenvalue weighted by Crippen LogP contribution is -2.03. The summed E-state index contributed by atoms with van der Waals surface area (Å²) >= 11 is 0. The fourth-order valence-electron chi connectivity index (χ4n) is 7.12. The van der Waals surface area contributed by atoms with Crippen LogP contribution in [0.2, 0.25) is 0 Å². The Hall–Kier alpha value is -5.23. The molecule has 242 valence electrons. The lowest BCUT2D eigenvalue weighted by molar-refractivity contribution is 0.483. The van der Waals surface area contributed by atoms with Gasteiger partial charge in [0.25, 0.3) is 0 Å². The van der Waals surface area contributed by atoms with Gasteiger partial charge in [0.2, 0.25) is 0 Å². The SMILES string of the molecule is CCCC(C)c1cccc(C(C)CCC)c1-c1cnn(-c2cccc(Oc3ccc4c5ccccc5n(-c5cc(F)ccn5)c4c3)c2)c1. The highest BCUT2D eigenvalue weighted by molar-refractivity contribution is 6.09. The first-order valence-electron chi connectivity index (χ1n) is 17.1. The molecule has 0 aliphatic heterocycles. The van der Waals surface area contributed by atoms with Gasteiger partial charge in [0.1, 0.15) is 23.1 Å². The number of nitrogens with zero attached hydrogens (tertiary/aromatic N) is 4.